The number of hydrogen-bond donors (Lipinski definition) is 4. The average Bonchev–Trinajstić information content (AvgIpc) is 4.11. The molecule has 3 fully saturated rings. The highest BCUT2D eigenvalue weighted by Crippen LogP contribution is 2.29. The van der Waals surface area contributed by atoms with Crippen molar-refractivity contribution in [3.63, 3.8) is 0 Å². The second-order valence-electron chi connectivity index (χ2n) is 21.8. The first-order chi connectivity index (χ1) is 38.6. The Kier molecular flexibility index (Phi) is 23.5. The van der Waals surface area contributed by atoms with Gasteiger partial charge in [-0.3, -0.25) is 33.8 Å². The average molecular weight is 1120 g/mol. The molecule has 2 aromatic heterocycles. The molecule has 3 aliphatic rings. The summed E-state index contributed by atoms with van der Waals surface area (Å²) in [5, 5.41) is 19.3. The van der Waals surface area contributed by atoms with Crippen molar-refractivity contribution in [2.75, 3.05) is 96.9 Å². The van der Waals surface area contributed by atoms with Gasteiger partial charge in [-0.1, -0.05) is 63.9 Å². The fraction of sp³-hybridized carbons (Fsp3) is 0.533. The number of nitrogens with zero attached hydrogens (tertiary/aromatic N) is 6. The molecule has 20 heteroatoms. The van der Waals surface area contributed by atoms with Crippen molar-refractivity contribution in [3.8, 4) is 10.4 Å². The van der Waals surface area contributed by atoms with Crippen molar-refractivity contribution in [2.45, 2.75) is 104 Å². The summed E-state index contributed by atoms with van der Waals surface area (Å²) in [5.41, 5.74) is 6.63. The highest BCUT2D eigenvalue weighted by molar-refractivity contribution is 7.13. The van der Waals surface area contributed by atoms with E-state index in [9.17, 15) is 33.9 Å². The van der Waals surface area contributed by atoms with Crippen LogP contribution >= 0.6 is 11.3 Å². The maximum Gasteiger partial charge on any atom is 0.253 e. The number of piperazine rings is 1. The Morgan fingerprint density at radius 1 is 0.812 bits per heavy atom. The first kappa shape index (κ1) is 61.0. The molecule has 3 saturated heterocycles. The molecule has 4 aromatic rings. The summed E-state index contributed by atoms with van der Waals surface area (Å²) >= 11 is 1.57. The maximum absolute atomic E-state index is 14.0. The molecular formula is C60H81N9O10S. The zero-order chi connectivity index (χ0) is 56.9. The lowest BCUT2D eigenvalue weighted by Gasteiger charge is -2.36. The lowest BCUT2D eigenvalue weighted by atomic mass is 9.85. The molecule has 6 amide bonds. The number of likely N-dealkylation sites (tertiary alicyclic amines) is 2. The van der Waals surface area contributed by atoms with Crippen LogP contribution in [-0.4, -0.2) is 175 Å². The number of pyridine rings is 1. The first-order valence-corrected chi connectivity index (χ1v) is 29.1. The number of carbonyl (C=O) groups is 6. The first-order valence-electron chi connectivity index (χ1n) is 28.2. The van der Waals surface area contributed by atoms with Crippen LogP contribution in [0.1, 0.15) is 99.3 Å². The topological polar surface area (TPSA) is 225 Å². The van der Waals surface area contributed by atoms with Crippen LogP contribution in [0.15, 0.2) is 84.6 Å². The summed E-state index contributed by atoms with van der Waals surface area (Å²) in [5.74, 6) is -0.593. The van der Waals surface area contributed by atoms with Crippen LogP contribution < -0.4 is 20.9 Å². The van der Waals surface area contributed by atoms with E-state index < -0.39 is 29.5 Å². The maximum atomic E-state index is 14.0. The molecule has 3 aliphatic heterocycles. The van der Waals surface area contributed by atoms with E-state index in [2.05, 4.69) is 30.8 Å². The fourth-order valence-corrected chi connectivity index (χ4v) is 11.0. The number of aliphatic hydroxyl groups is 1. The normalized spacial score (nSPS) is 17.4. The van der Waals surface area contributed by atoms with Crippen molar-refractivity contribution < 1.29 is 48.1 Å². The Balaban J connectivity index is 0.688. The van der Waals surface area contributed by atoms with E-state index in [1.54, 1.807) is 29.8 Å². The van der Waals surface area contributed by atoms with Crippen LogP contribution in [0.25, 0.3) is 16.5 Å². The molecule has 0 aliphatic carbocycles. The Morgan fingerprint density at radius 3 is 2.15 bits per heavy atom. The minimum atomic E-state index is -0.942. The number of aryl methyl sites for hydroxylation is 1. The molecule has 0 bridgehead atoms. The standard InChI is InChI=1S/C60H81N9O10S/c1-43-55(80-42-64-43)47-13-10-46(11-14-47)40-63-57(74)51-38-50(70)41-69(51)59(76)56(60(2,3)4)65-53(72)22-32-77-34-36-79-37-35-78-33-23-54(73)67-30-28-66(29-31-67)49-17-15-48(16-18-49)58(75)68-26-20-44(21-27-68)8-5-6-25-62-52(71)19-12-45-9-7-24-61-39-45/h7,9-19,24,39,42,44,50-51,56,70H,5-6,8,20-23,25-38,40-41H2,1-4H3,(H,62,71)(H,63,74)(H,65,72)/b19-12+/t50-,51+,56-/m1/s1. The number of β-amino-alcohol motifs (C(OH)–C–C–N with tert-alkyl or cyclic N) is 1. The minimum Gasteiger partial charge on any atom is -0.391 e. The Labute approximate surface area is 474 Å². The van der Waals surface area contributed by atoms with Crippen LogP contribution in [0.5, 0.6) is 0 Å². The van der Waals surface area contributed by atoms with E-state index in [1.807, 2.05) is 104 Å². The van der Waals surface area contributed by atoms with Gasteiger partial charge in [0.05, 0.1) is 68.2 Å². The van der Waals surface area contributed by atoms with E-state index in [0.717, 1.165) is 78.1 Å². The highest BCUT2D eigenvalue weighted by Gasteiger charge is 2.44. The molecule has 4 N–H and O–H groups in total. The van der Waals surface area contributed by atoms with Crippen LogP contribution in [-0.2, 0) is 44.7 Å². The molecule has 0 radical (unpaired) electrons. The van der Waals surface area contributed by atoms with Gasteiger partial charge in [0.15, 0.2) is 0 Å². The third kappa shape index (κ3) is 18.8. The van der Waals surface area contributed by atoms with Crippen molar-refractivity contribution >= 4 is 58.5 Å². The van der Waals surface area contributed by atoms with Crippen LogP contribution in [0.2, 0.25) is 0 Å². The number of unbranched alkanes of at least 4 members (excludes halogenated alkanes) is 1. The number of aromatic nitrogens is 2. The largest absolute Gasteiger partial charge is 0.391 e. The quantitative estimate of drug-likeness (QED) is 0.0419. The molecule has 2 aromatic carbocycles. The van der Waals surface area contributed by atoms with E-state index >= 15 is 0 Å². The van der Waals surface area contributed by atoms with E-state index in [4.69, 9.17) is 14.2 Å². The number of nitrogens with one attached hydrogen (secondary N) is 3. The van der Waals surface area contributed by atoms with E-state index in [-0.39, 0.29) is 88.3 Å². The summed E-state index contributed by atoms with van der Waals surface area (Å²) in [6, 6.07) is 17.6. The van der Waals surface area contributed by atoms with Gasteiger partial charge in [-0.05, 0) is 90.6 Å². The van der Waals surface area contributed by atoms with Crippen molar-refractivity contribution in [3.05, 3.63) is 107 Å². The molecule has 0 spiro atoms. The number of amides is 6. The number of benzene rings is 2. The third-order valence-electron chi connectivity index (χ3n) is 14.9. The summed E-state index contributed by atoms with van der Waals surface area (Å²) in [6.07, 6.45) is 11.2. The van der Waals surface area contributed by atoms with Gasteiger partial charge in [-0.15, -0.1) is 11.3 Å². The summed E-state index contributed by atoms with van der Waals surface area (Å²) in [7, 11) is 0. The number of rotatable bonds is 27. The van der Waals surface area contributed by atoms with Crippen molar-refractivity contribution in [1.29, 1.82) is 0 Å². The zero-order valence-electron chi connectivity index (χ0n) is 46.9. The van der Waals surface area contributed by atoms with Gasteiger partial charge < -0.3 is 54.9 Å². The number of carbonyl (C=O) groups excluding carboxylic acids is 6. The second kappa shape index (κ2) is 30.9. The van der Waals surface area contributed by atoms with Gasteiger partial charge in [0.2, 0.25) is 29.5 Å². The SMILES string of the molecule is Cc1ncsc1-c1ccc(CNC(=O)[C@@H]2C[C@@H](O)CN2C(=O)[C@@H](NC(=O)CCOCCOCCOCCC(=O)N2CCN(c3ccc(C(=O)N4CCC(CCCCNC(=O)/C=C/c5cccnc5)CC4)cc3)CC2)C(C)(C)C)cc1. The Morgan fingerprint density at radius 2 is 1.50 bits per heavy atom. The van der Waals surface area contributed by atoms with Crippen molar-refractivity contribution in [2.24, 2.45) is 11.3 Å². The molecule has 5 heterocycles. The molecule has 19 nitrogen and oxygen atoms in total. The molecule has 432 valence electrons. The Hall–Kier alpha value is -6.58. The van der Waals surface area contributed by atoms with Gasteiger partial charge in [0.25, 0.3) is 5.91 Å². The molecule has 80 heavy (non-hydrogen) atoms. The fourth-order valence-electron chi connectivity index (χ4n) is 10.1. The van der Waals surface area contributed by atoms with Gasteiger partial charge >= 0.3 is 0 Å². The van der Waals surface area contributed by atoms with Gasteiger partial charge in [0, 0.05) is 101 Å². The molecule has 3 atom stereocenters. The predicted octanol–water partition coefficient (Wildman–Crippen LogP) is 5.65. The van der Waals surface area contributed by atoms with E-state index in [0.29, 0.717) is 57.4 Å². The Bertz CT molecular complexity index is 2650. The number of ether oxygens (including phenoxy) is 3. The lowest BCUT2D eigenvalue weighted by Crippen LogP contribution is -2.57. The number of piperidine rings is 1. The number of thiazole rings is 1. The summed E-state index contributed by atoms with van der Waals surface area (Å²) < 4.78 is 16.9. The number of hydrogen-bond acceptors (Lipinski definition) is 14. The smallest absolute Gasteiger partial charge is 0.253 e. The number of aliphatic hydroxyl groups excluding tert-OH is 1. The number of anilines is 1. The molecule has 7 rings (SSSR count). The second-order valence-corrected chi connectivity index (χ2v) is 22.7. The van der Waals surface area contributed by atoms with Crippen molar-refractivity contribution in [1.82, 2.24) is 40.6 Å². The van der Waals surface area contributed by atoms with E-state index in [1.165, 1.54) is 11.0 Å². The minimum absolute atomic E-state index is 0.0118. The van der Waals surface area contributed by atoms with Gasteiger partial charge in [-0.2, -0.15) is 0 Å². The van der Waals surface area contributed by atoms with Gasteiger partial charge in [-0.25, -0.2) is 4.98 Å². The summed E-state index contributed by atoms with van der Waals surface area (Å²) in [4.78, 5) is 95.9. The highest BCUT2D eigenvalue weighted by atomic mass is 32.1. The van der Waals surface area contributed by atoms with Crippen LogP contribution in [0.4, 0.5) is 5.69 Å². The third-order valence-corrected chi connectivity index (χ3v) is 15.8. The molecule has 0 unspecified atom stereocenters. The summed E-state index contributed by atoms with van der Waals surface area (Å²) in [6.45, 7) is 14.0. The van der Waals surface area contributed by atoms with Gasteiger partial charge in [0.1, 0.15) is 12.1 Å². The monoisotopic (exact) mass is 1120 g/mol. The molecule has 0 saturated carbocycles. The predicted molar refractivity (Wildman–Crippen MR) is 307 cm³/mol. The van der Waals surface area contributed by atoms with Crippen LogP contribution in [0, 0.1) is 18.3 Å². The zero-order valence-corrected chi connectivity index (χ0v) is 47.8. The molecular weight excluding hydrogens is 1040 g/mol. The van der Waals surface area contributed by atoms with Crippen LogP contribution in [0.3, 0.4) is 0 Å². The lowest BCUT2D eigenvalue weighted by molar-refractivity contribution is -0.144.